The largest absolute Gasteiger partial charge is 0.386 e. The molecular weight excluding hydrogens is 607 g/mol. The third kappa shape index (κ3) is 36.5. The first-order chi connectivity index (χ1) is 19.7. The molecular formula is C41H72BrFO. The summed E-state index contributed by atoms with van der Waals surface area (Å²) in [6, 6.07) is 0. The van der Waals surface area contributed by atoms with E-state index in [0.29, 0.717) is 0 Å². The Morgan fingerprint density at radius 2 is 0.818 bits per heavy atom. The lowest BCUT2D eigenvalue weighted by Gasteiger charge is -2.16. The summed E-state index contributed by atoms with van der Waals surface area (Å²) in [6.07, 6.45) is 31.2. The summed E-state index contributed by atoms with van der Waals surface area (Å²) in [5.41, 5.74) is 9.50. The van der Waals surface area contributed by atoms with Crippen LogP contribution in [-0.4, -0.2) is 16.0 Å². The lowest BCUT2D eigenvalue weighted by Crippen LogP contribution is -2.19. The normalized spacial score (nSPS) is 13.9. The highest BCUT2D eigenvalue weighted by atomic mass is 79.9. The predicted molar refractivity (Wildman–Crippen MR) is 207 cm³/mol. The van der Waals surface area contributed by atoms with Crippen LogP contribution in [0.1, 0.15) is 154 Å². The molecule has 0 heterocycles. The van der Waals surface area contributed by atoms with Crippen LogP contribution in [0.15, 0.2) is 94.2 Å². The van der Waals surface area contributed by atoms with E-state index in [-0.39, 0.29) is 12.1 Å². The van der Waals surface area contributed by atoms with Gasteiger partial charge in [0.2, 0.25) is 0 Å². The predicted octanol–water partition coefficient (Wildman–Crippen LogP) is 14.4. The van der Waals surface area contributed by atoms with Gasteiger partial charge in [-0.1, -0.05) is 111 Å². The van der Waals surface area contributed by atoms with Crippen LogP contribution >= 0.6 is 15.9 Å². The van der Waals surface area contributed by atoms with Crippen molar-refractivity contribution < 1.29 is 9.81 Å². The summed E-state index contributed by atoms with van der Waals surface area (Å²) in [6.45, 7) is 25.2. The summed E-state index contributed by atoms with van der Waals surface area (Å²) in [5, 5.41) is 10.8. The average molecular weight is 680 g/mol. The van der Waals surface area contributed by atoms with Gasteiger partial charge in [0, 0.05) is 5.33 Å². The number of hydrogen-bond acceptors (Lipinski definition) is 1. The minimum absolute atomic E-state index is 0. The van der Waals surface area contributed by atoms with E-state index in [9.17, 15) is 5.11 Å². The molecule has 0 spiro atoms. The van der Waals surface area contributed by atoms with Gasteiger partial charge >= 0.3 is 0 Å². The molecule has 0 bridgehead atoms. The quantitative estimate of drug-likeness (QED) is 0.100. The van der Waals surface area contributed by atoms with E-state index in [4.69, 9.17) is 0 Å². The maximum absolute atomic E-state index is 9.84. The van der Waals surface area contributed by atoms with Crippen LogP contribution in [0, 0.1) is 0 Å². The van der Waals surface area contributed by atoms with Gasteiger partial charge in [0.15, 0.2) is 0 Å². The average Bonchev–Trinajstić information content (AvgIpc) is 2.88. The Morgan fingerprint density at radius 1 is 0.545 bits per heavy atom. The Hall–Kier alpha value is -1.71. The summed E-state index contributed by atoms with van der Waals surface area (Å²) in [5.74, 6) is 0. The zero-order chi connectivity index (χ0) is 32.4. The van der Waals surface area contributed by atoms with E-state index >= 15 is 0 Å². The lowest BCUT2D eigenvalue weighted by atomic mass is 9.99. The van der Waals surface area contributed by atoms with Crippen LogP contribution in [0.5, 0.6) is 0 Å². The Balaban J connectivity index is -0.000000348. The van der Waals surface area contributed by atoms with E-state index in [0.717, 1.165) is 43.9 Å². The summed E-state index contributed by atoms with van der Waals surface area (Å²) in [4.78, 5) is 0. The van der Waals surface area contributed by atoms with Gasteiger partial charge in [-0.15, -0.1) is 6.58 Å². The van der Waals surface area contributed by atoms with Crippen molar-refractivity contribution in [2.75, 3.05) is 5.33 Å². The molecule has 0 fully saturated rings. The van der Waals surface area contributed by atoms with Crippen molar-refractivity contribution in [2.45, 2.75) is 159 Å². The number of alkyl halides is 1. The van der Waals surface area contributed by atoms with Crippen molar-refractivity contribution in [2.24, 2.45) is 0 Å². The van der Waals surface area contributed by atoms with Crippen LogP contribution < -0.4 is 0 Å². The second-order valence-electron chi connectivity index (χ2n) is 12.8. The topological polar surface area (TPSA) is 20.2 Å². The molecule has 1 N–H and O–H groups in total. The maximum Gasteiger partial charge on any atom is 0.0800 e. The molecule has 1 atom stereocenters. The molecule has 0 rings (SSSR count). The first kappa shape index (κ1) is 49.2. The number of rotatable bonds is 20. The molecule has 44 heavy (non-hydrogen) atoms. The standard InChI is InChI=1S/C20H33Br.C20H34O.CH4.FH/c1-17(2)9-6-10-18(3)11-7-12-19(4)13-8-14-20(5)15-16-21;1-7-20(6,21)16-10-15-19(5)14-9-13-18(4)12-8-11-17(2)3;;/h9,11,13,15H,6-8,10,12,14,16H2,1-5H3;7,11,13,15,21H,1,8-10,12,14,16H2,2-6H3;1H4;1H/b18-11+,19-13+,20-15+;18-13+,19-15+;;. The molecule has 0 aliphatic carbocycles. The van der Waals surface area contributed by atoms with E-state index in [1.54, 1.807) is 6.08 Å². The highest BCUT2D eigenvalue weighted by Gasteiger charge is 2.13. The second kappa shape index (κ2) is 31.3. The van der Waals surface area contributed by atoms with Crippen LogP contribution in [0.2, 0.25) is 0 Å². The third-order valence-electron chi connectivity index (χ3n) is 7.29. The van der Waals surface area contributed by atoms with Gasteiger partial charge < -0.3 is 5.11 Å². The maximum atomic E-state index is 9.84. The highest BCUT2D eigenvalue weighted by molar-refractivity contribution is 9.09. The van der Waals surface area contributed by atoms with E-state index in [1.165, 1.54) is 77.5 Å². The zero-order valence-electron chi connectivity index (χ0n) is 29.8. The zero-order valence-corrected chi connectivity index (χ0v) is 31.3. The summed E-state index contributed by atoms with van der Waals surface area (Å²) >= 11 is 3.44. The molecule has 0 aliphatic heterocycles. The van der Waals surface area contributed by atoms with Gasteiger partial charge in [0.1, 0.15) is 0 Å². The molecule has 0 saturated carbocycles. The molecule has 0 aromatic rings. The molecule has 0 aliphatic rings. The van der Waals surface area contributed by atoms with Crippen LogP contribution in [-0.2, 0) is 0 Å². The van der Waals surface area contributed by atoms with Gasteiger partial charge in [0.05, 0.1) is 5.60 Å². The molecule has 0 aromatic carbocycles. The van der Waals surface area contributed by atoms with Gasteiger partial charge in [-0.25, -0.2) is 0 Å². The Morgan fingerprint density at radius 3 is 1.09 bits per heavy atom. The SMILES string of the molecule is C.C=CC(C)(O)CC/C=C(\C)CC/C=C(\C)CCC=C(C)C.CC(C)=CCC/C(C)=C/CC/C(C)=C/CC/C(C)=C/CBr.F. The Labute approximate surface area is 283 Å². The Bertz CT molecular complexity index is 945. The van der Waals surface area contributed by atoms with E-state index < -0.39 is 5.60 Å². The van der Waals surface area contributed by atoms with Gasteiger partial charge in [-0.2, -0.15) is 0 Å². The van der Waals surface area contributed by atoms with E-state index in [1.807, 2.05) is 6.92 Å². The smallest absolute Gasteiger partial charge is 0.0800 e. The second-order valence-corrected chi connectivity index (χ2v) is 13.4. The minimum atomic E-state index is -0.738. The number of hydrogen-bond donors (Lipinski definition) is 1. The minimum Gasteiger partial charge on any atom is -0.386 e. The van der Waals surface area contributed by atoms with Gasteiger partial charge in [-0.3, -0.25) is 4.70 Å². The van der Waals surface area contributed by atoms with Gasteiger partial charge in [0.25, 0.3) is 0 Å². The van der Waals surface area contributed by atoms with Crippen molar-refractivity contribution in [3.8, 4) is 0 Å². The fraction of sp³-hybridized carbons (Fsp3) is 0.610. The van der Waals surface area contributed by atoms with Crippen LogP contribution in [0.4, 0.5) is 4.70 Å². The molecule has 0 saturated heterocycles. The van der Waals surface area contributed by atoms with Crippen molar-refractivity contribution in [1.29, 1.82) is 0 Å². The monoisotopic (exact) mass is 678 g/mol. The molecule has 1 unspecified atom stereocenters. The summed E-state index contributed by atoms with van der Waals surface area (Å²) < 4.78 is 0. The molecule has 0 radical (unpaired) electrons. The fourth-order valence-corrected chi connectivity index (χ4v) is 4.72. The van der Waals surface area contributed by atoms with Gasteiger partial charge in [-0.05, 0) is 146 Å². The third-order valence-corrected chi connectivity index (χ3v) is 7.61. The van der Waals surface area contributed by atoms with Crippen LogP contribution in [0.25, 0.3) is 0 Å². The first-order valence-corrected chi connectivity index (χ1v) is 17.3. The van der Waals surface area contributed by atoms with E-state index in [2.05, 4.69) is 127 Å². The van der Waals surface area contributed by atoms with Crippen molar-refractivity contribution in [3.05, 3.63) is 94.2 Å². The molecule has 3 heteroatoms. The summed E-state index contributed by atoms with van der Waals surface area (Å²) in [7, 11) is 0. The lowest BCUT2D eigenvalue weighted by molar-refractivity contribution is 0.103. The number of halogens is 2. The van der Waals surface area contributed by atoms with Crippen molar-refractivity contribution >= 4 is 15.9 Å². The highest BCUT2D eigenvalue weighted by Crippen LogP contribution is 2.17. The molecule has 256 valence electrons. The molecule has 0 amide bonds. The molecule has 0 aromatic heterocycles. The number of aliphatic hydroxyl groups is 1. The van der Waals surface area contributed by atoms with Crippen molar-refractivity contribution in [3.63, 3.8) is 0 Å². The molecule has 1 nitrogen and oxygen atoms in total. The first-order valence-electron chi connectivity index (χ1n) is 16.2. The van der Waals surface area contributed by atoms with Crippen molar-refractivity contribution in [1.82, 2.24) is 0 Å². The number of allylic oxidation sites excluding steroid dienone is 14. The Kier molecular flexibility index (Phi) is 35.0. The fourth-order valence-electron chi connectivity index (χ4n) is 4.17. The van der Waals surface area contributed by atoms with Crippen LogP contribution in [0.3, 0.4) is 0 Å².